The normalized spacial score (nSPS) is 18.2. The topological polar surface area (TPSA) is 46.6 Å². The van der Waals surface area contributed by atoms with Crippen LogP contribution in [0.3, 0.4) is 0 Å². The molecule has 0 aliphatic carbocycles. The van der Waals surface area contributed by atoms with E-state index in [1.54, 1.807) is 24.3 Å². The van der Waals surface area contributed by atoms with Gasteiger partial charge in [-0.2, -0.15) is 0 Å². The molecule has 4 nitrogen and oxygen atoms in total. The fourth-order valence-electron chi connectivity index (χ4n) is 3.92. The molecule has 0 aromatic heterocycles. The first-order chi connectivity index (χ1) is 12.9. The molecule has 2 aromatic carbocycles. The van der Waals surface area contributed by atoms with Crippen LogP contribution in [0.15, 0.2) is 36.4 Å². The van der Waals surface area contributed by atoms with E-state index in [0.717, 1.165) is 11.1 Å². The Bertz CT molecular complexity index is 912. The largest absolute Gasteiger partial charge is 0.486 e. The van der Waals surface area contributed by atoms with Gasteiger partial charge < -0.3 is 9.64 Å². The average Bonchev–Trinajstić information content (AvgIpc) is 2.64. The third-order valence-corrected chi connectivity index (χ3v) is 6.01. The van der Waals surface area contributed by atoms with Crippen molar-refractivity contribution in [1.82, 2.24) is 4.90 Å². The number of carbonyl (C=O) groups is 2. The zero-order chi connectivity index (χ0) is 19.2. The molecule has 1 saturated heterocycles. The lowest BCUT2D eigenvalue weighted by Gasteiger charge is -2.44. The number of ketones is 1. The molecule has 2 aliphatic rings. The van der Waals surface area contributed by atoms with Crippen LogP contribution in [0.1, 0.15) is 51.1 Å². The minimum absolute atomic E-state index is 0.00415. The molecule has 5 heteroatoms. The number of fused-ring (bicyclic) bond motifs is 1. The van der Waals surface area contributed by atoms with Crippen LogP contribution in [0.5, 0.6) is 5.75 Å². The predicted molar refractivity (Wildman–Crippen MR) is 105 cm³/mol. The Balaban J connectivity index is 1.50. The van der Waals surface area contributed by atoms with Gasteiger partial charge in [0.15, 0.2) is 5.78 Å². The number of nitrogens with zero attached hydrogens (tertiary/aromatic N) is 1. The number of rotatable bonds is 1. The summed E-state index contributed by atoms with van der Waals surface area (Å²) in [6.07, 6.45) is 1.69. The molecule has 0 N–H and O–H groups in total. The summed E-state index contributed by atoms with van der Waals surface area (Å²) in [7, 11) is 0. The summed E-state index contributed by atoms with van der Waals surface area (Å²) < 4.78 is 6.34. The van der Waals surface area contributed by atoms with Gasteiger partial charge in [0.25, 0.3) is 5.91 Å². The van der Waals surface area contributed by atoms with Crippen molar-refractivity contribution in [1.29, 1.82) is 0 Å². The van der Waals surface area contributed by atoms with Crippen LogP contribution in [-0.4, -0.2) is 35.3 Å². The lowest BCUT2D eigenvalue weighted by Crippen LogP contribution is -2.52. The molecule has 0 radical (unpaired) electrons. The minimum Gasteiger partial charge on any atom is -0.486 e. The van der Waals surface area contributed by atoms with Crippen LogP contribution in [0.4, 0.5) is 0 Å². The maximum Gasteiger partial charge on any atom is 0.253 e. The quantitative estimate of drug-likeness (QED) is 0.723. The molecule has 1 amide bonds. The second-order valence-corrected chi connectivity index (χ2v) is 8.05. The SMILES string of the molecule is Cc1cc2c(cc1C)C(=O)CC1(CCN(C(=O)c3ccc(Cl)cc3)CC1)O2. The van der Waals surface area contributed by atoms with Crippen LogP contribution in [0.25, 0.3) is 0 Å². The van der Waals surface area contributed by atoms with E-state index < -0.39 is 5.60 Å². The Morgan fingerprint density at radius 1 is 1.07 bits per heavy atom. The Hall–Kier alpha value is -2.33. The Kier molecular flexibility index (Phi) is 4.47. The first-order valence-electron chi connectivity index (χ1n) is 9.25. The van der Waals surface area contributed by atoms with E-state index in [0.29, 0.717) is 54.3 Å². The molecule has 1 spiro atoms. The van der Waals surface area contributed by atoms with Crippen LogP contribution in [0.2, 0.25) is 5.02 Å². The molecule has 0 atom stereocenters. The molecular formula is C22H22ClNO3. The molecule has 0 bridgehead atoms. The number of amides is 1. The molecule has 0 saturated carbocycles. The van der Waals surface area contributed by atoms with Crippen molar-refractivity contribution in [2.75, 3.05) is 13.1 Å². The molecule has 4 rings (SSSR count). The van der Waals surface area contributed by atoms with Gasteiger partial charge >= 0.3 is 0 Å². The van der Waals surface area contributed by atoms with Gasteiger partial charge in [-0.3, -0.25) is 9.59 Å². The molecule has 1 fully saturated rings. The number of ether oxygens (including phenoxy) is 1. The van der Waals surface area contributed by atoms with Gasteiger partial charge in [0.2, 0.25) is 0 Å². The summed E-state index contributed by atoms with van der Waals surface area (Å²) in [4.78, 5) is 27.3. The Labute approximate surface area is 164 Å². The number of benzene rings is 2. The van der Waals surface area contributed by atoms with E-state index in [1.807, 2.05) is 30.9 Å². The molecule has 0 unspecified atom stereocenters. The van der Waals surface area contributed by atoms with Crippen LogP contribution < -0.4 is 4.74 Å². The summed E-state index contributed by atoms with van der Waals surface area (Å²) in [5.74, 6) is 0.819. The van der Waals surface area contributed by atoms with E-state index in [-0.39, 0.29) is 11.7 Å². The van der Waals surface area contributed by atoms with E-state index in [2.05, 4.69) is 0 Å². The third-order valence-electron chi connectivity index (χ3n) is 5.76. The summed E-state index contributed by atoms with van der Waals surface area (Å²) >= 11 is 5.90. The monoisotopic (exact) mass is 383 g/mol. The van der Waals surface area contributed by atoms with Crippen molar-refractivity contribution >= 4 is 23.3 Å². The van der Waals surface area contributed by atoms with Crippen LogP contribution in [0, 0.1) is 13.8 Å². The van der Waals surface area contributed by atoms with E-state index in [9.17, 15) is 9.59 Å². The number of likely N-dealkylation sites (tertiary alicyclic amines) is 1. The number of piperidine rings is 1. The maximum atomic E-state index is 12.7. The molecule has 140 valence electrons. The molecular weight excluding hydrogens is 362 g/mol. The van der Waals surface area contributed by atoms with Crippen molar-refractivity contribution in [2.45, 2.75) is 38.7 Å². The first kappa shape index (κ1) is 18.1. The third kappa shape index (κ3) is 3.34. The second-order valence-electron chi connectivity index (χ2n) is 7.62. The number of Topliss-reactive ketones (excluding diaryl/α,β-unsaturated/α-hetero) is 1. The molecule has 2 aliphatic heterocycles. The van der Waals surface area contributed by atoms with Gasteiger partial charge in [-0.05, 0) is 61.4 Å². The second kappa shape index (κ2) is 6.68. The van der Waals surface area contributed by atoms with Crippen molar-refractivity contribution < 1.29 is 14.3 Å². The number of aryl methyl sites for hydroxylation is 2. The van der Waals surface area contributed by atoms with Gasteiger partial charge in [-0.1, -0.05) is 11.6 Å². The number of halogens is 1. The minimum atomic E-state index is -0.497. The highest BCUT2D eigenvalue weighted by molar-refractivity contribution is 6.30. The van der Waals surface area contributed by atoms with Gasteiger partial charge in [0.05, 0.1) is 12.0 Å². The number of hydrogen-bond donors (Lipinski definition) is 0. The van der Waals surface area contributed by atoms with Crippen LogP contribution in [-0.2, 0) is 0 Å². The Morgan fingerprint density at radius 2 is 1.70 bits per heavy atom. The van der Waals surface area contributed by atoms with E-state index >= 15 is 0 Å². The standard InChI is InChI=1S/C22H22ClNO3/c1-14-11-18-19(25)13-22(27-20(18)12-15(14)2)7-9-24(10-8-22)21(26)16-3-5-17(23)6-4-16/h3-6,11-12H,7-10,13H2,1-2H3. The van der Waals surface area contributed by atoms with Gasteiger partial charge in [0, 0.05) is 36.5 Å². The zero-order valence-electron chi connectivity index (χ0n) is 15.5. The lowest BCUT2D eigenvalue weighted by atomic mass is 9.81. The molecule has 2 heterocycles. The summed E-state index contributed by atoms with van der Waals surface area (Å²) in [5, 5.41) is 0.613. The molecule has 2 aromatic rings. The van der Waals surface area contributed by atoms with Crippen molar-refractivity contribution in [3.05, 3.63) is 63.7 Å². The van der Waals surface area contributed by atoms with Gasteiger partial charge in [0.1, 0.15) is 11.4 Å². The van der Waals surface area contributed by atoms with E-state index in [1.165, 1.54) is 0 Å². The highest BCUT2D eigenvalue weighted by Gasteiger charge is 2.43. The van der Waals surface area contributed by atoms with E-state index in [4.69, 9.17) is 16.3 Å². The predicted octanol–water partition coefficient (Wildman–Crippen LogP) is 4.60. The highest BCUT2D eigenvalue weighted by atomic mass is 35.5. The number of hydrogen-bond acceptors (Lipinski definition) is 3. The number of carbonyl (C=O) groups excluding carboxylic acids is 2. The smallest absolute Gasteiger partial charge is 0.253 e. The summed E-state index contributed by atoms with van der Waals surface area (Å²) in [6.45, 7) is 5.19. The van der Waals surface area contributed by atoms with Gasteiger partial charge in [-0.25, -0.2) is 0 Å². The van der Waals surface area contributed by atoms with Crippen molar-refractivity contribution in [2.24, 2.45) is 0 Å². The van der Waals surface area contributed by atoms with Crippen LogP contribution >= 0.6 is 11.6 Å². The van der Waals surface area contributed by atoms with Crippen molar-refractivity contribution in [3.8, 4) is 5.75 Å². The highest BCUT2D eigenvalue weighted by Crippen LogP contribution is 2.40. The maximum absolute atomic E-state index is 12.7. The Morgan fingerprint density at radius 3 is 2.37 bits per heavy atom. The summed E-state index contributed by atoms with van der Waals surface area (Å²) in [5.41, 5.74) is 3.04. The fourth-order valence-corrected chi connectivity index (χ4v) is 4.05. The average molecular weight is 384 g/mol. The summed E-state index contributed by atoms with van der Waals surface area (Å²) in [6, 6.07) is 10.8. The van der Waals surface area contributed by atoms with Crippen molar-refractivity contribution in [3.63, 3.8) is 0 Å². The zero-order valence-corrected chi connectivity index (χ0v) is 16.3. The fraction of sp³-hybridized carbons (Fsp3) is 0.364. The van der Waals surface area contributed by atoms with Gasteiger partial charge in [-0.15, -0.1) is 0 Å². The first-order valence-corrected chi connectivity index (χ1v) is 9.63. The molecule has 27 heavy (non-hydrogen) atoms. The lowest BCUT2D eigenvalue weighted by molar-refractivity contribution is -0.00575.